The fraction of sp³-hybridized carbons (Fsp3) is 0.188. The van der Waals surface area contributed by atoms with Crippen LogP contribution in [0.5, 0.6) is 17.2 Å². The van der Waals surface area contributed by atoms with Crippen LogP contribution in [0.3, 0.4) is 0 Å². The van der Waals surface area contributed by atoms with E-state index in [1.54, 1.807) is 39.7 Å². The first-order valence-corrected chi connectivity index (χ1v) is 6.90. The number of halogens is 1. The number of hydrogen-bond donors (Lipinski definition) is 1. The van der Waals surface area contributed by atoms with Crippen LogP contribution in [-0.4, -0.2) is 27.5 Å². The van der Waals surface area contributed by atoms with Crippen LogP contribution in [0.25, 0.3) is 0 Å². The van der Waals surface area contributed by atoms with Gasteiger partial charge in [0.15, 0.2) is 11.5 Å². The minimum atomic E-state index is 0.549. The molecule has 0 saturated carbocycles. The van der Waals surface area contributed by atoms with Crippen molar-refractivity contribution in [3.05, 3.63) is 47.0 Å². The van der Waals surface area contributed by atoms with Gasteiger partial charge in [0, 0.05) is 10.6 Å². The van der Waals surface area contributed by atoms with Gasteiger partial charge in [-0.3, -0.25) is 5.43 Å². The van der Waals surface area contributed by atoms with E-state index in [1.807, 2.05) is 24.3 Å². The summed E-state index contributed by atoms with van der Waals surface area (Å²) in [5.74, 6) is 1.71. The van der Waals surface area contributed by atoms with Crippen molar-refractivity contribution < 1.29 is 14.2 Å². The highest BCUT2D eigenvalue weighted by Gasteiger charge is 2.12. The first-order valence-electron chi connectivity index (χ1n) is 6.52. The predicted molar refractivity (Wildman–Crippen MR) is 88.8 cm³/mol. The molecule has 0 aliphatic rings. The molecule has 5 nitrogen and oxygen atoms in total. The van der Waals surface area contributed by atoms with Crippen molar-refractivity contribution in [2.75, 3.05) is 26.8 Å². The van der Waals surface area contributed by atoms with Gasteiger partial charge in [-0.2, -0.15) is 5.10 Å². The zero-order valence-electron chi connectivity index (χ0n) is 12.6. The van der Waals surface area contributed by atoms with Crippen LogP contribution in [0.15, 0.2) is 41.5 Å². The van der Waals surface area contributed by atoms with Crippen molar-refractivity contribution in [3.63, 3.8) is 0 Å². The van der Waals surface area contributed by atoms with Crippen molar-refractivity contribution in [3.8, 4) is 17.2 Å². The minimum Gasteiger partial charge on any atom is -0.493 e. The molecule has 2 aromatic carbocycles. The smallest absolute Gasteiger partial charge is 0.203 e. The lowest BCUT2D eigenvalue weighted by molar-refractivity contribution is 0.324. The molecule has 0 aliphatic heterocycles. The third-order valence-corrected chi connectivity index (χ3v) is 3.19. The van der Waals surface area contributed by atoms with E-state index < -0.39 is 0 Å². The van der Waals surface area contributed by atoms with Crippen LogP contribution < -0.4 is 19.6 Å². The topological polar surface area (TPSA) is 52.1 Å². The Morgan fingerprint density at radius 2 is 1.55 bits per heavy atom. The van der Waals surface area contributed by atoms with Crippen LogP contribution in [-0.2, 0) is 0 Å². The third-order valence-electron chi connectivity index (χ3n) is 2.94. The maximum Gasteiger partial charge on any atom is 0.203 e. The molecule has 0 atom stereocenters. The van der Waals surface area contributed by atoms with Gasteiger partial charge in [-0.15, -0.1) is 0 Å². The number of hydrogen-bond acceptors (Lipinski definition) is 5. The highest BCUT2D eigenvalue weighted by Crippen LogP contribution is 2.37. The molecule has 0 fully saturated rings. The molecule has 0 heterocycles. The summed E-state index contributed by atoms with van der Waals surface area (Å²) < 4.78 is 15.9. The van der Waals surface area contributed by atoms with Crippen LogP contribution >= 0.6 is 11.6 Å². The summed E-state index contributed by atoms with van der Waals surface area (Å²) in [6.45, 7) is 0. The standard InChI is InChI=1S/C16H17ClN2O3/c1-20-14-8-11(9-15(21-2)16(14)22-3)10-18-19-13-6-4-12(17)5-7-13/h4-10,19H,1-3H3/b18-10-. The molecule has 22 heavy (non-hydrogen) atoms. The summed E-state index contributed by atoms with van der Waals surface area (Å²) in [5, 5.41) is 4.86. The Hall–Kier alpha value is -2.40. The summed E-state index contributed by atoms with van der Waals surface area (Å²) in [6, 6.07) is 10.9. The van der Waals surface area contributed by atoms with Gasteiger partial charge in [0.25, 0.3) is 0 Å². The summed E-state index contributed by atoms with van der Waals surface area (Å²) >= 11 is 5.83. The van der Waals surface area contributed by atoms with Gasteiger partial charge >= 0.3 is 0 Å². The number of methoxy groups -OCH3 is 3. The number of ether oxygens (including phenoxy) is 3. The Balaban J connectivity index is 2.18. The molecule has 0 spiro atoms. The Bertz CT molecular complexity index is 632. The maximum atomic E-state index is 5.83. The Morgan fingerprint density at radius 3 is 2.05 bits per heavy atom. The van der Waals surface area contributed by atoms with E-state index >= 15 is 0 Å². The summed E-state index contributed by atoms with van der Waals surface area (Å²) in [4.78, 5) is 0. The quantitative estimate of drug-likeness (QED) is 0.649. The molecule has 2 aromatic rings. The van der Waals surface area contributed by atoms with Gasteiger partial charge < -0.3 is 14.2 Å². The van der Waals surface area contributed by atoms with E-state index in [0.29, 0.717) is 22.3 Å². The molecule has 116 valence electrons. The summed E-state index contributed by atoms with van der Waals surface area (Å²) in [7, 11) is 4.71. The molecule has 2 rings (SSSR count). The normalized spacial score (nSPS) is 10.5. The fourth-order valence-corrected chi connectivity index (χ4v) is 2.01. The average Bonchev–Trinajstić information content (AvgIpc) is 2.55. The average molecular weight is 321 g/mol. The van der Waals surface area contributed by atoms with Gasteiger partial charge in [-0.25, -0.2) is 0 Å². The molecule has 0 aromatic heterocycles. The van der Waals surface area contributed by atoms with Crippen LogP contribution in [0.2, 0.25) is 5.02 Å². The highest BCUT2D eigenvalue weighted by molar-refractivity contribution is 6.30. The van der Waals surface area contributed by atoms with E-state index in [1.165, 1.54) is 0 Å². The molecule has 6 heteroatoms. The second-order valence-electron chi connectivity index (χ2n) is 4.34. The van der Waals surface area contributed by atoms with E-state index in [2.05, 4.69) is 10.5 Å². The van der Waals surface area contributed by atoms with Crippen molar-refractivity contribution in [1.29, 1.82) is 0 Å². The van der Waals surface area contributed by atoms with E-state index in [0.717, 1.165) is 11.3 Å². The first kappa shape index (κ1) is 16.0. The van der Waals surface area contributed by atoms with Gasteiger partial charge in [0.1, 0.15) is 0 Å². The molecular weight excluding hydrogens is 304 g/mol. The van der Waals surface area contributed by atoms with Crippen LogP contribution in [0.4, 0.5) is 5.69 Å². The molecule has 0 bridgehead atoms. The molecule has 0 aliphatic carbocycles. The van der Waals surface area contributed by atoms with E-state index in [-0.39, 0.29) is 0 Å². The summed E-state index contributed by atoms with van der Waals surface area (Å²) in [6.07, 6.45) is 1.67. The SMILES string of the molecule is COc1cc(/C=N\Nc2ccc(Cl)cc2)cc(OC)c1OC. The van der Waals surface area contributed by atoms with Crippen LogP contribution in [0.1, 0.15) is 5.56 Å². The number of anilines is 1. The van der Waals surface area contributed by atoms with Crippen molar-refractivity contribution >= 4 is 23.5 Å². The maximum absolute atomic E-state index is 5.83. The van der Waals surface area contributed by atoms with Crippen LogP contribution in [0, 0.1) is 0 Å². The van der Waals surface area contributed by atoms with Crippen molar-refractivity contribution in [2.24, 2.45) is 5.10 Å². The second-order valence-corrected chi connectivity index (χ2v) is 4.77. The third kappa shape index (κ3) is 3.83. The molecule has 0 radical (unpaired) electrons. The van der Waals surface area contributed by atoms with Gasteiger partial charge in [-0.05, 0) is 36.4 Å². The van der Waals surface area contributed by atoms with Gasteiger partial charge in [0.2, 0.25) is 5.75 Å². The second kappa shape index (κ2) is 7.56. The lowest BCUT2D eigenvalue weighted by atomic mass is 10.2. The Labute approximate surface area is 134 Å². The highest BCUT2D eigenvalue weighted by atomic mass is 35.5. The number of benzene rings is 2. The molecule has 0 amide bonds. The van der Waals surface area contributed by atoms with Gasteiger partial charge in [-0.1, -0.05) is 11.6 Å². The monoisotopic (exact) mass is 320 g/mol. The fourth-order valence-electron chi connectivity index (χ4n) is 1.88. The molecular formula is C16H17ClN2O3. The number of hydrazone groups is 1. The Kier molecular flexibility index (Phi) is 5.49. The van der Waals surface area contributed by atoms with Gasteiger partial charge in [0.05, 0.1) is 33.2 Å². The number of nitrogens with zero attached hydrogens (tertiary/aromatic N) is 1. The molecule has 1 N–H and O–H groups in total. The first-order chi connectivity index (χ1) is 10.7. The predicted octanol–water partition coefficient (Wildman–Crippen LogP) is 3.81. The number of rotatable bonds is 6. The zero-order valence-corrected chi connectivity index (χ0v) is 13.3. The van der Waals surface area contributed by atoms with E-state index in [9.17, 15) is 0 Å². The van der Waals surface area contributed by atoms with Crippen molar-refractivity contribution in [2.45, 2.75) is 0 Å². The molecule has 0 saturated heterocycles. The van der Waals surface area contributed by atoms with Crippen molar-refractivity contribution in [1.82, 2.24) is 0 Å². The number of nitrogens with one attached hydrogen (secondary N) is 1. The lowest BCUT2D eigenvalue weighted by Crippen LogP contribution is -1.97. The van der Waals surface area contributed by atoms with E-state index in [4.69, 9.17) is 25.8 Å². The molecule has 0 unspecified atom stereocenters. The zero-order chi connectivity index (χ0) is 15.9. The summed E-state index contributed by atoms with van der Waals surface area (Å²) in [5.41, 5.74) is 4.58. The minimum absolute atomic E-state index is 0.549. The largest absolute Gasteiger partial charge is 0.493 e. The lowest BCUT2D eigenvalue weighted by Gasteiger charge is -2.12. The Morgan fingerprint density at radius 1 is 0.955 bits per heavy atom.